The van der Waals surface area contributed by atoms with Gasteiger partial charge in [-0.25, -0.2) is 8.42 Å². The molecule has 0 spiro atoms. The Morgan fingerprint density at radius 2 is 2.08 bits per heavy atom. The van der Waals surface area contributed by atoms with Crippen molar-refractivity contribution in [2.24, 2.45) is 0 Å². The smallest absolute Gasteiger partial charge is 0.287 e. The zero-order valence-corrected chi connectivity index (χ0v) is 14.7. The van der Waals surface area contributed by atoms with Crippen LogP contribution in [0.25, 0.3) is 0 Å². The number of nitrogens with zero attached hydrogens (tertiary/aromatic N) is 1. The summed E-state index contributed by atoms with van der Waals surface area (Å²) in [6.45, 7) is 0.727. The standard InChI is InChI=1S/C17H20N2O5S/c1-23-12-14-6-7-16(24-14)17(20)18-9-11-25(21,22)19-10-8-13-4-2-3-5-15(13)19/h2-7H,8-12H2,1H3,(H,18,20). The second-order valence-corrected chi connectivity index (χ2v) is 7.73. The van der Waals surface area contributed by atoms with E-state index >= 15 is 0 Å². The molecule has 7 nitrogen and oxygen atoms in total. The monoisotopic (exact) mass is 364 g/mol. The van der Waals surface area contributed by atoms with Crippen molar-refractivity contribution < 1.29 is 22.4 Å². The summed E-state index contributed by atoms with van der Waals surface area (Å²) in [7, 11) is -1.96. The highest BCUT2D eigenvalue weighted by atomic mass is 32.2. The van der Waals surface area contributed by atoms with Gasteiger partial charge in [0, 0.05) is 20.2 Å². The van der Waals surface area contributed by atoms with E-state index in [1.165, 1.54) is 17.5 Å². The maximum Gasteiger partial charge on any atom is 0.287 e. The van der Waals surface area contributed by atoms with Crippen molar-refractivity contribution in [3.05, 3.63) is 53.5 Å². The van der Waals surface area contributed by atoms with Crippen LogP contribution in [0.3, 0.4) is 0 Å². The lowest BCUT2D eigenvalue weighted by molar-refractivity contribution is 0.0919. The van der Waals surface area contributed by atoms with E-state index in [0.29, 0.717) is 18.7 Å². The Labute approximate surface area is 146 Å². The van der Waals surface area contributed by atoms with Crippen LogP contribution in [0.2, 0.25) is 0 Å². The van der Waals surface area contributed by atoms with Gasteiger partial charge in [0.15, 0.2) is 5.76 Å². The van der Waals surface area contributed by atoms with Crippen molar-refractivity contribution in [1.29, 1.82) is 0 Å². The average molecular weight is 364 g/mol. The van der Waals surface area contributed by atoms with E-state index in [2.05, 4.69) is 5.32 Å². The number of benzene rings is 1. The summed E-state index contributed by atoms with van der Waals surface area (Å²) in [6.07, 6.45) is 0.705. The van der Waals surface area contributed by atoms with E-state index in [9.17, 15) is 13.2 Å². The van der Waals surface area contributed by atoms with Crippen LogP contribution in [0.15, 0.2) is 40.8 Å². The number of fused-ring (bicyclic) bond motifs is 1. The van der Waals surface area contributed by atoms with Crippen molar-refractivity contribution in [2.45, 2.75) is 13.0 Å². The van der Waals surface area contributed by atoms with Gasteiger partial charge in [0.25, 0.3) is 5.91 Å². The summed E-state index contributed by atoms with van der Waals surface area (Å²) in [6, 6.07) is 10.6. The number of ether oxygens (including phenoxy) is 1. The second-order valence-electron chi connectivity index (χ2n) is 5.72. The largest absolute Gasteiger partial charge is 0.453 e. The lowest BCUT2D eigenvalue weighted by atomic mass is 10.2. The van der Waals surface area contributed by atoms with Gasteiger partial charge < -0.3 is 14.5 Å². The fraction of sp³-hybridized carbons (Fsp3) is 0.353. The third-order valence-corrected chi connectivity index (χ3v) is 5.77. The average Bonchev–Trinajstić information content (AvgIpc) is 3.22. The van der Waals surface area contributed by atoms with Crippen LogP contribution in [-0.4, -0.2) is 40.3 Å². The molecule has 2 heterocycles. The molecule has 0 atom stereocenters. The molecule has 0 bridgehead atoms. The molecule has 0 fully saturated rings. The number of sulfonamides is 1. The Morgan fingerprint density at radius 1 is 1.28 bits per heavy atom. The number of amides is 1. The lowest BCUT2D eigenvalue weighted by Crippen LogP contribution is -2.36. The summed E-state index contributed by atoms with van der Waals surface area (Å²) in [5.74, 6) is 0.0582. The number of anilines is 1. The molecular formula is C17H20N2O5S. The van der Waals surface area contributed by atoms with E-state index in [-0.39, 0.29) is 24.7 Å². The Balaban J connectivity index is 1.57. The van der Waals surface area contributed by atoms with Gasteiger partial charge in [0.1, 0.15) is 12.4 Å². The van der Waals surface area contributed by atoms with Crippen LogP contribution in [0.1, 0.15) is 21.9 Å². The van der Waals surface area contributed by atoms with Gasteiger partial charge in [-0.05, 0) is 30.2 Å². The van der Waals surface area contributed by atoms with Gasteiger partial charge in [0.05, 0.1) is 11.4 Å². The fourth-order valence-electron chi connectivity index (χ4n) is 2.81. The highest BCUT2D eigenvalue weighted by molar-refractivity contribution is 7.92. The lowest BCUT2D eigenvalue weighted by Gasteiger charge is -2.19. The normalized spacial score (nSPS) is 13.7. The van der Waals surface area contributed by atoms with Crippen molar-refractivity contribution in [2.75, 3.05) is 30.3 Å². The number of carbonyl (C=O) groups is 1. The minimum Gasteiger partial charge on any atom is -0.453 e. The highest BCUT2D eigenvalue weighted by Crippen LogP contribution is 2.29. The summed E-state index contributed by atoms with van der Waals surface area (Å²) >= 11 is 0. The molecule has 0 saturated carbocycles. The van der Waals surface area contributed by atoms with E-state index in [1.54, 1.807) is 12.1 Å². The van der Waals surface area contributed by atoms with Gasteiger partial charge in [-0.15, -0.1) is 0 Å². The first-order valence-electron chi connectivity index (χ1n) is 7.95. The number of hydrogen-bond acceptors (Lipinski definition) is 5. The Morgan fingerprint density at radius 3 is 2.88 bits per heavy atom. The molecule has 3 rings (SSSR count). The van der Waals surface area contributed by atoms with Crippen LogP contribution < -0.4 is 9.62 Å². The van der Waals surface area contributed by atoms with Crippen molar-refractivity contribution in [3.63, 3.8) is 0 Å². The SMILES string of the molecule is COCc1ccc(C(=O)NCCS(=O)(=O)N2CCc3ccccc32)o1. The van der Waals surface area contributed by atoms with Crippen molar-refractivity contribution in [1.82, 2.24) is 5.32 Å². The molecule has 0 unspecified atom stereocenters. The predicted octanol–water partition coefficient (Wildman–Crippen LogP) is 1.55. The van der Waals surface area contributed by atoms with Crippen LogP contribution in [-0.2, 0) is 27.8 Å². The third-order valence-electron chi connectivity index (χ3n) is 4.00. The summed E-state index contributed by atoms with van der Waals surface area (Å²) < 4.78 is 36.7. The van der Waals surface area contributed by atoms with Gasteiger partial charge in [-0.1, -0.05) is 18.2 Å². The number of hydrogen-bond donors (Lipinski definition) is 1. The molecule has 1 aromatic heterocycles. The van der Waals surface area contributed by atoms with Crippen LogP contribution in [0.5, 0.6) is 0 Å². The number of rotatable bonds is 7. The molecule has 1 N–H and O–H groups in total. The van der Waals surface area contributed by atoms with Gasteiger partial charge in [-0.3, -0.25) is 9.10 Å². The van der Waals surface area contributed by atoms with E-state index in [4.69, 9.17) is 9.15 Å². The topological polar surface area (TPSA) is 88.8 Å². The molecule has 0 saturated heterocycles. The Bertz CT molecular complexity index is 859. The first-order chi connectivity index (χ1) is 12.0. The maximum absolute atomic E-state index is 12.5. The molecule has 0 radical (unpaired) electrons. The Hall–Kier alpha value is -2.32. The van der Waals surface area contributed by atoms with Crippen molar-refractivity contribution in [3.8, 4) is 0 Å². The zero-order valence-electron chi connectivity index (χ0n) is 13.9. The predicted molar refractivity (Wildman–Crippen MR) is 93.0 cm³/mol. The van der Waals surface area contributed by atoms with Gasteiger partial charge in [0.2, 0.25) is 10.0 Å². The molecule has 1 amide bonds. The van der Waals surface area contributed by atoms with Crippen LogP contribution >= 0.6 is 0 Å². The van der Waals surface area contributed by atoms with Gasteiger partial charge in [-0.2, -0.15) is 0 Å². The fourth-order valence-corrected chi connectivity index (χ4v) is 4.24. The minimum absolute atomic E-state index is 0.0140. The molecular weight excluding hydrogens is 344 g/mol. The Kier molecular flexibility index (Phi) is 5.10. The third kappa shape index (κ3) is 3.85. The summed E-state index contributed by atoms with van der Waals surface area (Å²) in [4.78, 5) is 12.0. The zero-order chi connectivity index (χ0) is 17.9. The van der Waals surface area contributed by atoms with E-state index in [0.717, 1.165) is 11.3 Å². The molecule has 1 aliphatic heterocycles. The summed E-state index contributed by atoms with van der Waals surface area (Å²) in [5.41, 5.74) is 1.75. The number of methoxy groups -OCH3 is 1. The quantitative estimate of drug-likeness (QED) is 0.805. The molecule has 0 aliphatic carbocycles. The number of furan rings is 1. The first kappa shape index (κ1) is 17.5. The molecule has 134 valence electrons. The van der Waals surface area contributed by atoms with E-state index < -0.39 is 15.9 Å². The van der Waals surface area contributed by atoms with Gasteiger partial charge >= 0.3 is 0 Å². The van der Waals surface area contributed by atoms with E-state index in [1.807, 2.05) is 18.2 Å². The minimum atomic E-state index is -3.49. The van der Waals surface area contributed by atoms with Crippen LogP contribution in [0.4, 0.5) is 5.69 Å². The van der Waals surface area contributed by atoms with Crippen molar-refractivity contribution >= 4 is 21.6 Å². The first-order valence-corrected chi connectivity index (χ1v) is 9.56. The summed E-state index contributed by atoms with van der Waals surface area (Å²) in [5, 5.41) is 2.58. The van der Waals surface area contributed by atoms with Crippen LogP contribution in [0, 0.1) is 0 Å². The molecule has 25 heavy (non-hydrogen) atoms. The number of nitrogens with one attached hydrogen (secondary N) is 1. The number of carbonyl (C=O) groups excluding carboxylic acids is 1. The molecule has 8 heteroatoms. The molecule has 2 aromatic rings. The molecule has 1 aromatic carbocycles. The number of para-hydroxylation sites is 1. The molecule has 1 aliphatic rings. The maximum atomic E-state index is 12.5. The highest BCUT2D eigenvalue weighted by Gasteiger charge is 2.28. The second kappa shape index (κ2) is 7.28.